The van der Waals surface area contributed by atoms with E-state index in [-0.39, 0.29) is 29.0 Å². The molecule has 3 aromatic rings. The molecule has 2 N–H and O–H groups in total. The summed E-state index contributed by atoms with van der Waals surface area (Å²) in [5.74, 6) is 0.103. The monoisotopic (exact) mass is 533 g/mol. The third-order valence-corrected chi connectivity index (χ3v) is 8.22. The van der Waals surface area contributed by atoms with Crippen molar-refractivity contribution >= 4 is 38.9 Å². The maximum atomic E-state index is 13.2. The zero-order valence-corrected chi connectivity index (χ0v) is 22.1. The molecular formula is C29H31N3O5S. The molecule has 38 heavy (non-hydrogen) atoms. The highest BCUT2D eigenvalue weighted by atomic mass is 32.2. The normalized spacial score (nSPS) is 15.0. The number of sulfonamides is 1. The fraction of sp³-hybridized carbons (Fsp3) is 0.310. The van der Waals surface area contributed by atoms with Crippen LogP contribution in [0.4, 0.5) is 17.1 Å². The Balaban J connectivity index is 1.31. The number of anilines is 3. The standard InChI is InChI=1S/C29H31N3O5S/c1-37-17-15-28(33)30-24-6-2-4-23(18-24)20-10-13-26(14-11-20)38(35,36)31-25-12-9-21-5-3-16-32(27(21)19-25)29(34)22-7-8-22/h2,4,6,9-14,18-19,22,31H,3,5,7-8,15-17H2,1H3,(H,30,33). The van der Waals surface area contributed by atoms with E-state index in [1.807, 2.05) is 29.2 Å². The van der Waals surface area contributed by atoms with E-state index in [9.17, 15) is 18.0 Å². The van der Waals surface area contributed by atoms with Gasteiger partial charge in [-0.25, -0.2) is 8.42 Å². The van der Waals surface area contributed by atoms with Crippen LogP contribution in [0.1, 0.15) is 31.2 Å². The lowest BCUT2D eigenvalue weighted by Crippen LogP contribution is -2.36. The van der Waals surface area contributed by atoms with Gasteiger partial charge in [0.1, 0.15) is 0 Å². The summed E-state index contributed by atoms with van der Waals surface area (Å²) in [6.45, 7) is 1.01. The first-order valence-corrected chi connectivity index (χ1v) is 14.3. The number of benzene rings is 3. The molecule has 1 aliphatic heterocycles. The van der Waals surface area contributed by atoms with E-state index in [1.165, 1.54) is 0 Å². The molecule has 1 aliphatic carbocycles. The molecule has 0 unspecified atom stereocenters. The molecule has 0 aromatic heterocycles. The molecule has 0 atom stereocenters. The summed E-state index contributed by atoms with van der Waals surface area (Å²) in [4.78, 5) is 26.7. The minimum absolute atomic E-state index is 0.104. The van der Waals surface area contributed by atoms with Gasteiger partial charge in [0.15, 0.2) is 0 Å². The first kappa shape index (κ1) is 25.9. The van der Waals surface area contributed by atoms with Crippen molar-refractivity contribution in [2.45, 2.75) is 37.0 Å². The Kier molecular flexibility index (Phi) is 7.49. The van der Waals surface area contributed by atoms with Gasteiger partial charge in [-0.3, -0.25) is 14.3 Å². The lowest BCUT2D eigenvalue weighted by Gasteiger charge is -2.30. The van der Waals surface area contributed by atoms with E-state index < -0.39 is 10.0 Å². The molecular weight excluding hydrogens is 502 g/mol. The summed E-state index contributed by atoms with van der Waals surface area (Å²) >= 11 is 0. The highest BCUT2D eigenvalue weighted by Gasteiger charge is 2.35. The predicted molar refractivity (Wildman–Crippen MR) is 148 cm³/mol. The Hall–Kier alpha value is -3.69. The summed E-state index contributed by atoms with van der Waals surface area (Å²) in [5, 5.41) is 2.84. The summed E-state index contributed by atoms with van der Waals surface area (Å²) in [5.41, 5.74) is 4.62. The smallest absolute Gasteiger partial charge is 0.261 e. The molecule has 2 amide bonds. The van der Waals surface area contributed by atoms with Crippen LogP contribution < -0.4 is 14.9 Å². The molecule has 5 rings (SSSR count). The number of ether oxygens (including phenoxy) is 1. The van der Waals surface area contributed by atoms with Gasteiger partial charge in [0.2, 0.25) is 11.8 Å². The molecule has 1 fully saturated rings. The summed E-state index contributed by atoms with van der Waals surface area (Å²) in [6.07, 6.45) is 3.91. The second-order valence-electron chi connectivity index (χ2n) is 9.71. The molecule has 8 nitrogen and oxygen atoms in total. The molecule has 0 radical (unpaired) electrons. The fourth-order valence-corrected chi connectivity index (χ4v) is 5.70. The molecule has 0 bridgehead atoms. The van der Waals surface area contributed by atoms with Crippen LogP contribution in [-0.2, 0) is 30.8 Å². The van der Waals surface area contributed by atoms with Crippen LogP contribution >= 0.6 is 0 Å². The Morgan fingerprint density at radius 1 is 0.974 bits per heavy atom. The lowest BCUT2D eigenvalue weighted by atomic mass is 10.0. The molecule has 1 saturated carbocycles. The van der Waals surface area contributed by atoms with E-state index in [2.05, 4.69) is 10.0 Å². The van der Waals surface area contributed by atoms with Crippen LogP contribution in [0.15, 0.2) is 71.6 Å². The van der Waals surface area contributed by atoms with Crippen molar-refractivity contribution < 1.29 is 22.7 Å². The number of carbonyl (C=O) groups is 2. The first-order valence-electron chi connectivity index (χ1n) is 12.8. The largest absolute Gasteiger partial charge is 0.384 e. The van der Waals surface area contributed by atoms with E-state index in [4.69, 9.17) is 4.74 Å². The summed E-state index contributed by atoms with van der Waals surface area (Å²) in [6, 6.07) is 19.4. The minimum atomic E-state index is -3.84. The van der Waals surface area contributed by atoms with Gasteiger partial charge >= 0.3 is 0 Å². The Morgan fingerprint density at radius 2 is 1.76 bits per heavy atom. The maximum absolute atomic E-state index is 13.2. The zero-order valence-electron chi connectivity index (χ0n) is 21.3. The number of hydrogen-bond acceptors (Lipinski definition) is 5. The third-order valence-electron chi connectivity index (χ3n) is 6.83. The van der Waals surface area contributed by atoms with Crippen molar-refractivity contribution in [1.82, 2.24) is 0 Å². The fourth-order valence-electron chi connectivity index (χ4n) is 4.65. The zero-order chi connectivity index (χ0) is 26.7. The van der Waals surface area contributed by atoms with Gasteiger partial charge in [-0.1, -0.05) is 30.3 Å². The molecule has 198 valence electrons. The molecule has 3 aromatic carbocycles. The van der Waals surface area contributed by atoms with Gasteiger partial charge in [0.05, 0.1) is 23.6 Å². The number of carbonyl (C=O) groups excluding carboxylic acids is 2. The van der Waals surface area contributed by atoms with Gasteiger partial charge in [-0.05, 0) is 78.8 Å². The number of nitrogens with one attached hydrogen (secondary N) is 2. The average Bonchev–Trinajstić information content (AvgIpc) is 3.77. The Morgan fingerprint density at radius 3 is 2.50 bits per heavy atom. The van der Waals surface area contributed by atoms with Crippen LogP contribution in [-0.4, -0.2) is 40.5 Å². The number of fused-ring (bicyclic) bond motifs is 1. The molecule has 2 aliphatic rings. The number of hydrogen-bond donors (Lipinski definition) is 2. The number of nitrogens with zero attached hydrogens (tertiary/aromatic N) is 1. The van der Waals surface area contributed by atoms with Crippen LogP contribution in [0.3, 0.4) is 0 Å². The number of methoxy groups -OCH3 is 1. The molecule has 0 saturated heterocycles. The lowest BCUT2D eigenvalue weighted by molar-refractivity contribution is -0.120. The second kappa shape index (κ2) is 11.0. The van der Waals surface area contributed by atoms with E-state index in [0.717, 1.165) is 48.1 Å². The highest BCUT2D eigenvalue weighted by Crippen LogP contribution is 2.37. The van der Waals surface area contributed by atoms with Crippen molar-refractivity contribution in [1.29, 1.82) is 0 Å². The highest BCUT2D eigenvalue weighted by molar-refractivity contribution is 7.92. The van der Waals surface area contributed by atoms with Gasteiger partial charge in [-0.15, -0.1) is 0 Å². The van der Waals surface area contributed by atoms with Crippen molar-refractivity contribution in [2.24, 2.45) is 5.92 Å². The van der Waals surface area contributed by atoms with Crippen LogP contribution in [0.2, 0.25) is 0 Å². The Labute approximate surface area is 223 Å². The SMILES string of the molecule is COCCC(=O)Nc1cccc(-c2ccc(S(=O)(=O)Nc3ccc4c(c3)N(C(=O)C3CC3)CCC4)cc2)c1. The van der Waals surface area contributed by atoms with Gasteiger partial charge < -0.3 is 15.0 Å². The van der Waals surface area contributed by atoms with Crippen molar-refractivity contribution in [3.05, 3.63) is 72.3 Å². The Bertz CT molecular complexity index is 1450. The van der Waals surface area contributed by atoms with Crippen molar-refractivity contribution in [2.75, 3.05) is 35.2 Å². The predicted octanol–water partition coefficient (Wildman–Crippen LogP) is 4.82. The first-order chi connectivity index (χ1) is 18.3. The number of amides is 2. The number of aryl methyl sites for hydroxylation is 1. The van der Waals surface area contributed by atoms with E-state index in [0.29, 0.717) is 24.5 Å². The van der Waals surface area contributed by atoms with Crippen LogP contribution in [0, 0.1) is 5.92 Å². The quantitative estimate of drug-likeness (QED) is 0.410. The van der Waals surface area contributed by atoms with Gasteiger partial charge in [0, 0.05) is 30.9 Å². The van der Waals surface area contributed by atoms with E-state index >= 15 is 0 Å². The number of rotatable bonds is 9. The average molecular weight is 534 g/mol. The van der Waals surface area contributed by atoms with Gasteiger partial charge in [-0.2, -0.15) is 0 Å². The minimum Gasteiger partial charge on any atom is -0.384 e. The third kappa shape index (κ3) is 5.89. The molecule has 1 heterocycles. The van der Waals surface area contributed by atoms with Crippen LogP contribution in [0.25, 0.3) is 11.1 Å². The molecule has 9 heteroatoms. The topological polar surface area (TPSA) is 105 Å². The summed E-state index contributed by atoms with van der Waals surface area (Å²) in [7, 11) is -2.29. The van der Waals surface area contributed by atoms with E-state index in [1.54, 1.807) is 49.6 Å². The van der Waals surface area contributed by atoms with Crippen molar-refractivity contribution in [3.63, 3.8) is 0 Å². The van der Waals surface area contributed by atoms with Gasteiger partial charge in [0.25, 0.3) is 10.0 Å². The van der Waals surface area contributed by atoms with Crippen molar-refractivity contribution in [3.8, 4) is 11.1 Å². The molecule has 0 spiro atoms. The summed E-state index contributed by atoms with van der Waals surface area (Å²) < 4.78 is 33.9. The second-order valence-corrected chi connectivity index (χ2v) is 11.4. The maximum Gasteiger partial charge on any atom is 0.261 e. The van der Waals surface area contributed by atoms with Crippen LogP contribution in [0.5, 0.6) is 0 Å².